The highest BCUT2D eigenvalue weighted by Gasteiger charge is 2.15. The van der Waals surface area contributed by atoms with Gasteiger partial charge in [-0.05, 0) is 61.1 Å². The maximum absolute atomic E-state index is 11.9. The van der Waals surface area contributed by atoms with Crippen LogP contribution in [0.2, 0.25) is 5.02 Å². The van der Waals surface area contributed by atoms with Crippen molar-refractivity contribution in [3.63, 3.8) is 0 Å². The van der Waals surface area contributed by atoms with E-state index in [1.165, 1.54) is 37.7 Å². The molecule has 5 heteroatoms. The van der Waals surface area contributed by atoms with Crippen LogP contribution in [-0.4, -0.2) is 18.2 Å². The molecule has 0 saturated heterocycles. The second-order valence-corrected chi connectivity index (χ2v) is 7.37. The number of carbonyl (C=O) groups excluding carboxylic acids is 1. The highest BCUT2D eigenvalue weighted by molar-refractivity contribution is 6.30. The van der Waals surface area contributed by atoms with Gasteiger partial charge in [-0.25, -0.2) is 5.43 Å². The van der Waals surface area contributed by atoms with E-state index in [2.05, 4.69) is 34.8 Å². The van der Waals surface area contributed by atoms with Gasteiger partial charge in [-0.1, -0.05) is 55.1 Å². The molecule has 0 heterocycles. The quantitative estimate of drug-likeness (QED) is 0.542. The number of benzene rings is 2. The molecule has 1 N–H and O–H groups in total. The molecule has 0 aliphatic heterocycles. The highest BCUT2D eigenvalue weighted by Crippen LogP contribution is 2.32. The first-order valence-corrected chi connectivity index (χ1v) is 9.81. The SMILES string of the molecule is C/C(=N\NC(=O)COc1ccc(Cl)cc1)c1ccc(C2CCCCC2)cc1. The Balaban J connectivity index is 1.50. The van der Waals surface area contributed by atoms with Crippen molar-refractivity contribution in [3.8, 4) is 5.75 Å². The Morgan fingerprint density at radius 3 is 2.41 bits per heavy atom. The fraction of sp³-hybridized carbons (Fsp3) is 0.364. The standard InChI is InChI=1S/C22H25ClN2O2/c1-16(17-7-9-19(10-8-17)18-5-3-2-4-6-18)24-25-22(26)15-27-21-13-11-20(23)12-14-21/h7-14,18H,2-6,15H2,1H3,(H,25,26)/b24-16+. The zero-order valence-electron chi connectivity index (χ0n) is 15.6. The number of halogens is 1. The summed E-state index contributed by atoms with van der Waals surface area (Å²) in [6, 6.07) is 15.4. The number of rotatable bonds is 6. The molecule has 2 aromatic rings. The topological polar surface area (TPSA) is 50.7 Å². The lowest BCUT2D eigenvalue weighted by Crippen LogP contribution is -2.25. The Morgan fingerprint density at radius 1 is 1.07 bits per heavy atom. The van der Waals surface area contributed by atoms with Gasteiger partial charge in [-0.15, -0.1) is 0 Å². The summed E-state index contributed by atoms with van der Waals surface area (Å²) in [7, 11) is 0. The van der Waals surface area contributed by atoms with Crippen molar-refractivity contribution in [2.24, 2.45) is 5.10 Å². The Morgan fingerprint density at radius 2 is 1.74 bits per heavy atom. The second-order valence-electron chi connectivity index (χ2n) is 6.93. The van der Waals surface area contributed by atoms with Crippen LogP contribution in [0.4, 0.5) is 0 Å². The second kappa shape index (κ2) is 9.56. The monoisotopic (exact) mass is 384 g/mol. The van der Waals surface area contributed by atoms with Crippen molar-refractivity contribution < 1.29 is 9.53 Å². The van der Waals surface area contributed by atoms with Gasteiger partial charge in [0.2, 0.25) is 0 Å². The average molecular weight is 385 g/mol. The van der Waals surface area contributed by atoms with E-state index in [4.69, 9.17) is 16.3 Å². The summed E-state index contributed by atoms with van der Waals surface area (Å²) in [5.74, 6) is 0.978. The number of amides is 1. The molecule has 142 valence electrons. The van der Waals surface area contributed by atoms with Crippen molar-refractivity contribution in [2.75, 3.05) is 6.61 Å². The molecular formula is C22H25ClN2O2. The molecule has 0 spiro atoms. The summed E-state index contributed by atoms with van der Waals surface area (Å²) >= 11 is 5.82. The largest absolute Gasteiger partial charge is 0.484 e. The molecule has 0 bridgehead atoms. The third kappa shape index (κ3) is 5.83. The van der Waals surface area contributed by atoms with Crippen LogP contribution in [0.15, 0.2) is 53.6 Å². The summed E-state index contributed by atoms with van der Waals surface area (Å²) < 4.78 is 5.40. The predicted octanol–water partition coefficient (Wildman–Crippen LogP) is 5.31. The van der Waals surface area contributed by atoms with E-state index in [9.17, 15) is 4.79 Å². The molecule has 0 atom stereocenters. The van der Waals surface area contributed by atoms with Gasteiger partial charge in [-0.3, -0.25) is 4.79 Å². The fourth-order valence-corrected chi connectivity index (χ4v) is 3.48. The molecule has 0 unspecified atom stereocenters. The lowest BCUT2D eigenvalue weighted by Gasteiger charge is -2.22. The number of ether oxygens (including phenoxy) is 1. The van der Waals surface area contributed by atoms with Crippen LogP contribution in [0.25, 0.3) is 0 Å². The van der Waals surface area contributed by atoms with Gasteiger partial charge in [-0.2, -0.15) is 5.10 Å². The summed E-state index contributed by atoms with van der Waals surface area (Å²) in [6.45, 7) is 1.79. The van der Waals surface area contributed by atoms with Gasteiger partial charge in [0.15, 0.2) is 6.61 Å². The van der Waals surface area contributed by atoms with Crippen molar-refractivity contribution >= 4 is 23.2 Å². The van der Waals surface area contributed by atoms with Crippen LogP contribution in [0.5, 0.6) is 5.75 Å². The molecular weight excluding hydrogens is 360 g/mol. The number of hydrogen-bond donors (Lipinski definition) is 1. The first kappa shape index (κ1) is 19.4. The van der Waals surface area contributed by atoms with E-state index >= 15 is 0 Å². The first-order chi connectivity index (χ1) is 13.1. The third-order valence-electron chi connectivity index (χ3n) is 4.94. The maximum atomic E-state index is 11.9. The molecule has 1 fully saturated rings. The third-order valence-corrected chi connectivity index (χ3v) is 5.19. The lowest BCUT2D eigenvalue weighted by molar-refractivity contribution is -0.123. The molecule has 0 aromatic heterocycles. The van der Waals surface area contributed by atoms with Gasteiger partial charge in [0, 0.05) is 5.02 Å². The van der Waals surface area contributed by atoms with E-state index in [0.29, 0.717) is 16.7 Å². The summed E-state index contributed by atoms with van der Waals surface area (Å²) in [5.41, 5.74) is 5.72. The minimum Gasteiger partial charge on any atom is -0.484 e. The first-order valence-electron chi connectivity index (χ1n) is 9.43. The Kier molecular flexibility index (Phi) is 6.88. The molecule has 1 amide bonds. The normalized spacial score (nSPS) is 15.4. The molecule has 27 heavy (non-hydrogen) atoms. The molecule has 4 nitrogen and oxygen atoms in total. The lowest BCUT2D eigenvalue weighted by atomic mass is 9.84. The average Bonchev–Trinajstić information content (AvgIpc) is 2.72. The van der Waals surface area contributed by atoms with Crippen LogP contribution in [0, 0.1) is 0 Å². The van der Waals surface area contributed by atoms with Crippen LogP contribution in [0.3, 0.4) is 0 Å². The van der Waals surface area contributed by atoms with Crippen molar-refractivity contribution in [3.05, 3.63) is 64.7 Å². The maximum Gasteiger partial charge on any atom is 0.277 e. The molecule has 2 aromatic carbocycles. The number of nitrogens with zero attached hydrogens (tertiary/aromatic N) is 1. The van der Waals surface area contributed by atoms with E-state index < -0.39 is 0 Å². The van der Waals surface area contributed by atoms with Gasteiger partial charge in [0.05, 0.1) is 5.71 Å². The molecule has 1 aliphatic carbocycles. The minimum atomic E-state index is -0.303. The van der Waals surface area contributed by atoms with Gasteiger partial charge >= 0.3 is 0 Å². The van der Waals surface area contributed by atoms with Crippen molar-refractivity contribution in [1.29, 1.82) is 0 Å². The fourth-order valence-electron chi connectivity index (χ4n) is 3.36. The van der Waals surface area contributed by atoms with Gasteiger partial charge in [0.25, 0.3) is 5.91 Å². The van der Waals surface area contributed by atoms with Crippen LogP contribution in [-0.2, 0) is 4.79 Å². The number of nitrogens with one attached hydrogen (secondary N) is 1. The van der Waals surface area contributed by atoms with Crippen molar-refractivity contribution in [2.45, 2.75) is 44.9 Å². The van der Waals surface area contributed by atoms with Gasteiger partial charge < -0.3 is 4.74 Å². The number of carbonyl (C=O) groups is 1. The predicted molar refractivity (Wildman–Crippen MR) is 110 cm³/mol. The molecule has 1 saturated carbocycles. The Bertz CT molecular complexity index is 779. The van der Waals surface area contributed by atoms with E-state index in [-0.39, 0.29) is 12.5 Å². The smallest absolute Gasteiger partial charge is 0.277 e. The zero-order valence-corrected chi connectivity index (χ0v) is 16.3. The van der Waals surface area contributed by atoms with Crippen LogP contribution in [0.1, 0.15) is 56.1 Å². The molecule has 1 aliphatic rings. The van der Waals surface area contributed by atoms with Gasteiger partial charge in [0.1, 0.15) is 5.75 Å². The number of hydrazone groups is 1. The van der Waals surface area contributed by atoms with Crippen molar-refractivity contribution in [1.82, 2.24) is 5.43 Å². The van der Waals surface area contributed by atoms with E-state index in [0.717, 1.165) is 11.3 Å². The van der Waals surface area contributed by atoms with E-state index in [1.54, 1.807) is 24.3 Å². The highest BCUT2D eigenvalue weighted by atomic mass is 35.5. The van der Waals surface area contributed by atoms with Crippen LogP contribution >= 0.6 is 11.6 Å². The summed E-state index contributed by atoms with van der Waals surface area (Å²) in [6.07, 6.45) is 6.60. The zero-order chi connectivity index (χ0) is 19.1. The molecule has 0 radical (unpaired) electrons. The van der Waals surface area contributed by atoms with Crippen LogP contribution < -0.4 is 10.2 Å². The molecule has 3 rings (SSSR count). The summed E-state index contributed by atoms with van der Waals surface area (Å²) in [5, 5.41) is 4.81. The minimum absolute atomic E-state index is 0.0982. The Hall–Kier alpha value is -2.33. The summed E-state index contributed by atoms with van der Waals surface area (Å²) in [4.78, 5) is 11.9. The number of hydrogen-bond acceptors (Lipinski definition) is 3. The van der Waals surface area contributed by atoms with E-state index in [1.807, 2.05) is 6.92 Å². The Labute approximate surface area is 165 Å².